The van der Waals surface area contributed by atoms with Gasteiger partial charge in [0.15, 0.2) is 23.3 Å². The molecule has 3 aromatic carbocycles. The van der Waals surface area contributed by atoms with Crippen LogP contribution in [0.4, 0.5) is 27.6 Å². The fraction of sp³-hybridized carbons (Fsp3) is 0.0556. The van der Waals surface area contributed by atoms with E-state index in [0.29, 0.717) is 5.39 Å². The van der Waals surface area contributed by atoms with E-state index in [-0.39, 0.29) is 17.0 Å². The lowest BCUT2D eigenvalue weighted by molar-refractivity contribution is 0.381. The van der Waals surface area contributed by atoms with Crippen LogP contribution in [0.2, 0.25) is 0 Å². The predicted molar refractivity (Wildman–Crippen MR) is 87.7 cm³/mol. The van der Waals surface area contributed by atoms with Crippen LogP contribution in [0.1, 0.15) is 12.5 Å². The quantitative estimate of drug-likeness (QED) is 0.223. The Hall–Kier alpha value is -3.16. The number of nitrogens with zero attached hydrogens (tertiary/aromatic N) is 1. The fourth-order valence-electron chi connectivity index (χ4n) is 2.45. The number of hydrogen-bond donors (Lipinski definition) is 2. The Morgan fingerprint density at radius 1 is 0.846 bits per heavy atom. The van der Waals surface area contributed by atoms with Crippen LogP contribution in [0.3, 0.4) is 0 Å². The number of halogens is 5. The summed E-state index contributed by atoms with van der Waals surface area (Å²) in [6.45, 7) is 1.41. The van der Waals surface area contributed by atoms with Gasteiger partial charge in [-0.1, -0.05) is 30.3 Å². The minimum atomic E-state index is -2.25. The van der Waals surface area contributed by atoms with Gasteiger partial charge in [0, 0.05) is 10.9 Å². The van der Waals surface area contributed by atoms with Crippen molar-refractivity contribution in [3.05, 3.63) is 71.0 Å². The van der Waals surface area contributed by atoms with Crippen LogP contribution in [0.25, 0.3) is 10.8 Å². The SMILES string of the molecule is C/C(=N\Nc1c(F)c(F)c(F)c(F)c1F)c1ccc2ccccc2c1O. The molecule has 0 aliphatic rings. The number of fused-ring (bicyclic) bond motifs is 1. The standard InChI is InChI=1S/C18H11F5N2O/c1-8(10-7-6-9-4-2-3-5-11(9)18(10)26)24-25-17-15(22)13(20)12(19)14(21)16(17)23/h2-7,25-26H,1H3/b24-8+. The molecular formula is C18H11F5N2O. The molecule has 8 heteroatoms. The average Bonchev–Trinajstić information content (AvgIpc) is 2.65. The average molecular weight is 366 g/mol. The van der Waals surface area contributed by atoms with Crippen molar-refractivity contribution in [3.8, 4) is 5.75 Å². The van der Waals surface area contributed by atoms with Crippen molar-refractivity contribution in [2.24, 2.45) is 5.10 Å². The summed E-state index contributed by atoms with van der Waals surface area (Å²) >= 11 is 0. The van der Waals surface area contributed by atoms with Crippen LogP contribution >= 0.6 is 0 Å². The molecule has 0 aromatic heterocycles. The van der Waals surface area contributed by atoms with Gasteiger partial charge in [-0.05, 0) is 18.4 Å². The first-order chi connectivity index (χ1) is 12.3. The second-order valence-corrected chi connectivity index (χ2v) is 5.44. The molecule has 0 heterocycles. The normalized spacial score (nSPS) is 11.8. The van der Waals surface area contributed by atoms with Gasteiger partial charge in [0.25, 0.3) is 0 Å². The van der Waals surface area contributed by atoms with Crippen LogP contribution < -0.4 is 5.43 Å². The second kappa shape index (κ2) is 6.62. The molecule has 0 radical (unpaired) electrons. The topological polar surface area (TPSA) is 44.6 Å². The van der Waals surface area contributed by atoms with E-state index in [4.69, 9.17) is 0 Å². The minimum Gasteiger partial charge on any atom is -0.507 e. The number of nitrogens with one attached hydrogen (secondary N) is 1. The van der Waals surface area contributed by atoms with Gasteiger partial charge < -0.3 is 5.11 Å². The van der Waals surface area contributed by atoms with Gasteiger partial charge in [-0.25, -0.2) is 22.0 Å². The van der Waals surface area contributed by atoms with E-state index < -0.39 is 34.8 Å². The van der Waals surface area contributed by atoms with E-state index in [1.54, 1.807) is 30.3 Å². The molecule has 0 atom stereocenters. The third-order valence-corrected chi connectivity index (χ3v) is 3.84. The number of phenols is 1. The van der Waals surface area contributed by atoms with E-state index >= 15 is 0 Å². The minimum absolute atomic E-state index is 0.0807. The summed E-state index contributed by atoms with van der Waals surface area (Å²) in [5, 5.41) is 15.2. The lowest BCUT2D eigenvalue weighted by atomic mass is 10.0. The zero-order chi connectivity index (χ0) is 19.0. The lowest BCUT2D eigenvalue weighted by Crippen LogP contribution is -2.08. The molecule has 26 heavy (non-hydrogen) atoms. The molecule has 0 aliphatic heterocycles. The van der Waals surface area contributed by atoms with E-state index in [0.717, 1.165) is 5.39 Å². The maximum Gasteiger partial charge on any atom is 0.200 e. The Morgan fingerprint density at radius 2 is 1.42 bits per heavy atom. The van der Waals surface area contributed by atoms with Crippen LogP contribution in [-0.4, -0.2) is 10.8 Å². The van der Waals surface area contributed by atoms with Gasteiger partial charge in [-0.15, -0.1) is 0 Å². The van der Waals surface area contributed by atoms with Crippen molar-refractivity contribution < 1.29 is 27.1 Å². The highest BCUT2D eigenvalue weighted by atomic mass is 19.2. The molecule has 0 saturated heterocycles. The molecule has 0 fully saturated rings. The highest BCUT2D eigenvalue weighted by Crippen LogP contribution is 2.30. The summed E-state index contributed by atoms with van der Waals surface area (Å²) in [6.07, 6.45) is 0. The molecule has 0 amide bonds. The van der Waals surface area contributed by atoms with Crippen LogP contribution in [-0.2, 0) is 0 Å². The molecule has 3 rings (SSSR count). The monoisotopic (exact) mass is 366 g/mol. The van der Waals surface area contributed by atoms with E-state index in [9.17, 15) is 27.1 Å². The van der Waals surface area contributed by atoms with Crippen molar-refractivity contribution in [2.45, 2.75) is 6.92 Å². The van der Waals surface area contributed by atoms with Crippen molar-refractivity contribution in [1.82, 2.24) is 0 Å². The summed E-state index contributed by atoms with van der Waals surface area (Å²) in [7, 11) is 0. The second-order valence-electron chi connectivity index (χ2n) is 5.44. The summed E-state index contributed by atoms with van der Waals surface area (Å²) in [6, 6.07) is 10.2. The van der Waals surface area contributed by atoms with Gasteiger partial charge >= 0.3 is 0 Å². The molecule has 0 unspecified atom stereocenters. The van der Waals surface area contributed by atoms with Gasteiger partial charge in [0.2, 0.25) is 5.82 Å². The van der Waals surface area contributed by atoms with Gasteiger partial charge in [-0.3, -0.25) is 5.43 Å². The zero-order valence-electron chi connectivity index (χ0n) is 13.2. The van der Waals surface area contributed by atoms with Crippen molar-refractivity contribution in [3.63, 3.8) is 0 Å². The third-order valence-electron chi connectivity index (χ3n) is 3.84. The fourth-order valence-corrected chi connectivity index (χ4v) is 2.45. The van der Waals surface area contributed by atoms with Gasteiger partial charge in [-0.2, -0.15) is 5.10 Å². The molecule has 2 N–H and O–H groups in total. The zero-order valence-corrected chi connectivity index (χ0v) is 13.2. The van der Waals surface area contributed by atoms with Crippen molar-refractivity contribution >= 4 is 22.2 Å². The lowest BCUT2D eigenvalue weighted by Gasteiger charge is -2.10. The van der Waals surface area contributed by atoms with E-state index in [1.807, 2.05) is 5.43 Å². The Balaban J connectivity index is 2.01. The number of rotatable bonds is 3. The Kier molecular flexibility index (Phi) is 4.50. The molecule has 0 aliphatic carbocycles. The summed E-state index contributed by atoms with van der Waals surface area (Å²) in [5.74, 6) is -10.6. The number of aromatic hydroxyl groups is 1. The number of anilines is 1. The largest absolute Gasteiger partial charge is 0.507 e. The highest BCUT2D eigenvalue weighted by molar-refractivity contribution is 6.06. The first-order valence-electron chi connectivity index (χ1n) is 7.35. The van der Waals surface area contributed by atoms with Gasteiger partial charge in [0.1, 0.15) is 11.4 Å². The molecule has 134 valence electrons. The van der Waals surface area contributed by atoms with E-state index in [1.165, 1.54) is 13.0 Å². The third kappa shape index (κ3) is 2.83. The summed E-state index contributed by atoms with van der Waals surface area (Å²) in [5.41, 5.74) is 0.884. The summed E-state index contributed by atoms with van der Waals surface area (Å²) in [4.78, 5) is 0. The Bertz CT molecular complexity index is 1020. The number of phenolic OH excluding ortho intramolecular Hbond substituents is 1. The van der Waals surface area contributed by atoms with Crippen LogP contribution in [0.15, 0.2) is 41.5 Å². The van der Waals surface area contributed by atoms with Crippen LogP contribution in [0.5, 0.6) is 5.75 Å². The smallest absolute Gasteiger partial charge is 0.200 e. The molecule has 0 spiro atoms. The van der Waals surface area contributed by atoms with E-state index in [2.05, 4.69) is 5.10 Å². The Labute approximate surface area is 144 Å². The predicted octanol–water partition coefficient (Wildman–Crippen LogP) is 5.08. The van der Waals surface area contributed by atoms with Crippen LogP contribution in [0, 0.1) is 29.1 Å². The van der Waals surface area contributed by atoms with Gasteiger partial charge in [0.05, 0.1) is 5.71 Å². The molecule has 0 saturated carbocycles. The molecule has 3 nitrogen and oxygen atoms in total. The molecule has 0 bridgehead atoms. The number of benzene rings is 3. The Morgan fingerprint density at radius 3 is 2.08 bits per heavy atom. The first-order valence-corrected chi connectivity index (χ1v) is 7.35. The number of hydrazone groups is 1. The number of hydrogen-bond acceptors (Lipinski definition) is 3. The van der Waals surface area contributed by atoms with Crippen molar-refractivity contribution in [1.29, 1.82) is 0 Å². The summed E-state index contributed by atoms with van der Waals surface area (Å²) < 4.78 is 66.7. The highest BCUT2D eigenvalue weighted by Gasteiger charge is 2.25. The van der Waals surface area contributed by atoms with Crippen molar-refractivity contribution in [2.75, 3.05) is 5.43 Å². The molecule has 3 aromatic rings. The first kappa shape index (κ1) is 17.7. The maximum atomic E-state index is 13.6. The maximum absolute atomic E-state index is 13.6. The molecular weight excluding hydrogens is 355 g/mol.